The second kappa shape index (κ2) is 10.6. The summed E-state index contributed by atoms with van der Waals surface area (Å²) in [7, 11) is -2.78. The maximum absolute atomic E-state index is 13.7. The minimum atomic E-state index is -4.57. The van der Waals surface area contributed by atoms with Gasteiger partial charge < -0.3 is 9.26 Å². The SMILES string of the molecule is COC(=O)c1cnn(-c2cccc(CN3C[C@@H](C)Cc4cc(C(F)(F)F)ccc4S3(=O)=O)c2)c1[C@@H]1C[C@H]1c1cc(C)no1. The Bertz CT molecular complexity index is 1810. The molecule has 2 aromatic carbocycles. The number of benzene rings is 2. The molecule has 1 fully saturated rings. The molecule has 0 unspecified atom stereocenters. The number of esters is 1. The molecule has 226 valence electrons. The predicted molar refractivity (Wildman–Crippen MR) is 148 cm³/mol. The minimum absolute atomic E-state index is 0.00479. The zero-order chi connectivity index (χ0) is 30.7. The quantitative estimate of drug-likeness (QED) is 0.259. The highest BCUT2D eigenvalue weighted by molar-refractivity contribution is 7.89. The van der Waals surface area contributed by atoms with Crippen LogP contribution in [0.2, 0.25) is 0 Å². The Labute approximate surface area is 246 Å². The normalized spacial score (nSPS) is 21.7. The Balaban J connectivity index is 1.33. The molecule has 3 atom stereocenters. The highest BCUT2D eigenvalue weighted by Gasteiger charge is 2.47. The molecular weight excluding hydrogens is 585 g/mol. The van der Waals surface area contributed by atoms with Crippen molar-refractivity contribution in [2.24, 2.45) is 5.92 Å². The first kappa shape index (κ1) is 29.1. The zero-order valence-corrected chi connectivity index (χ0v) is 24.4. The molecule has 4 aromatic rings. The molecule has 1 aliphatic heterocycles. The number of methoxy groups -OCH3 is 1. The van der Waals surface area contributed by atoms with Crippen LogP contribution in [0.25, 0.3) is 5.69 Å². The second-order valence-corrected chi connectivity index (χ2v) is 13.2. The monoisotopic (exact) mass is 614 g/mol. The molecule has 6 rings (SSSR count). The van der Waals surface area contributed by atoms with E-state index in [0.29, 0.717) is 22.5 Å². The number of fused-ring (bicyclic) bond motifs is 1. The summed E-state index contributed by atoms with van der Waals surface area (Å²) in [4.78, 5) is 12.5. The number of aromatic nitrogens is 3. The lowest BCUT2D eigenvalue weighted by atomic mass is 9.99. The van der Waals surface area contributed by atoms with Gasteiger partial charge in [-0.25, -0.2) is 17.9 Å². The van der Waals surface area contributed by atoms with Gasteiger partial charge in [-0.1, -0.05) is 24.2 Å². The van der Waals surface area contributed by atoms with Crippen LogP contribution in [0.5, 0.6) is 0 Å². The van der Waals surface area contributed by atoms with Crippen molar-refractivity contribution in [3.63, 3.8) is 0 Å². The van der Waals surface area contributed by atoms with E-state index in [4.69, 9.17) is 9.26 Å². The standard InChI is InChI=1S/C30H29F3N4O5S/c1-17-9-20-12-21(30(31,32)33)7-8-27(20)43(39,40)36(15-17)16-19-5-4-6-22(11-19)37-28(25(14-34-37)29(38)41-3)24-13-23(24)26-10-18(2)35-42-26/h4-8,10-12,14,17,23-24H,9,13,15-16H2,1-3H3/t17-,23+,24+/m0/s1. The molecule has 9 nitrogen and oxygen atoms in total. The molecule has 0 radical (unpaired) electrons. The summed E-state index contributed by atoms with van der Waals surface area (Å²) in [6.45, 7) is 3.80. The van der Waals surface area contributed by atoms with Gasteiger partial charge in [-0.2, -0.15) is 22.6 Å². The number of carbonyl (C=O) groups is 1. The summed E-state index contributed by atoms with van der Waals surface area (Å²) in [6, 6.07) is 11.8. The smallest absolute Gasteiger partial charge is 0.416 e. The number of sulfonamides is 1. The van der Waals surface area contributed by atoms with E-state index in [1.165, 1.54) is 17.6 Å². The summed E-state index contributed by atoms with van der Waals surface area (Å²) in [5.74, 6) is -0.0614. The van der Waals surface area contributed by atoms with Crippen LogP contribution in [0.1, 0.15) is 69.4 Å². The molecule has 0 saturated heterocycles. The van der Waals surface area contributed by atoms with E-state index in [2.05, 4.69) is 10.3 Å². The molecule has 13 heteroatoms. The number of halogens is 3. The first-order valence-corrected chi connectivity index (χ1v) is 15.2. The van der Waals surface area contributed by atoms with Crippen LogP contribution >= 0.6 is 0 Å². The van der Waals surface area contributed by atoms with Crippen molar-refractivity contribution in [1.82, 2.24) is 19.2 Å². The van der Waals surface area contributed by atoms with Crippen LogP contribution in [0.3, 0.4) is 0 Å². The lowest BCUT2D eigenvalue weighted by molar-refractivity contribution is -0.137. The number of rotatable bonds is 6. The van der Waals surface area contributed by atoms with E-state index in [1.807, 2.05) is 26.0 Å². The van der Waals surface area contributed by atoms with Crippen LogP contribution in [-0.4, -0.2) is 47.3 Å². The average Bonchev–Trinajstić information content (AvgIpc) is 3.43. The maximum Gasteiger partial charge on any atom is 0.416 e. The Morgan fingerprint density at radius 2 is 1.93 bits per heavy atom. The van der Waals surface area contributed by atoms with E-state index in [9.17, 15) is 26.4 Å². The van der Waals surface area contributed by atoms with Gasteiger partial charge in [0.05, 0.1) is 40.8 Å². The zero-order valence-electron chi connectivity index (χ0n) is 23.6. The number of alkyl halides is 3. The van der Waals surface area contributed by atoms with Gasteiger partial charge in [0.25, 0.3) is 0 Å². The van der Waals surface area contributed by atoms with E-state index in [1.54, 1.807) is 22.9 Å². The second-order valence-electron chi connectivity index (χ2n) is 11.3. The highest BCUT2D eigenvalue weighted by Crippen LogP contribution is 2.56. The number of hydrogen-bond acceptors (Lipinski definition) is 7. The van der Waals surface area contributed by atoms with Gasteiger partial charge in [0.2, 0.25) is 10.0 Å². The molecule has 3 heterocycles. The number of ether oxygens (including phenoxy) is 1. The van der Waals surface area contributed by atoms with Crippen molar-refractivity contribution in [3.8, 4) is 5.69 Å². The van der Waals surface area contributed by atoms with E-state index >= 15 is 0 Å². The molecule has 0 N–H and O–H groups in total. The van der Waals surface area contributed by atoms with Crippen molar-refractivity contribution in [2.75, 3.05) is 13.7 Å². The van der Waals surface area contributed by atoms with Crippen molar-refractivity contribution in [2.45, 2.75) is 56.1 Å². The fourth-order valence-corrected chi connectivity index (χ4v) is 7.65. The van der Waals surface area contributed by atoms with Crippen LogP contribution in [0, 0.1) is 12.8 Å². The summed E-state index contributed by atoms with van der Waals surface area (Å²) in [6.07, 6.45) is -2.18. The summed E-state index contributed by atoms with van der Waals surface area (Å²) < 4.78 is 80.9. The molecular formula is C30H29F3N4O5S. The third-order valence-corrected chi connectivity index (χ3v) is 9.88. The molecule has 0 bridgehead atoms. The fraction of sp³-hybridized carbons (Fsp3) is 0.367. The van der Waals surface area contributed by atoms with Crippen LogP contribution in [0.4, 0.5) is 13.2 Å². The number of aryl methyl sites for hydroxylation is 1. The topological polar surface area (TPSA) is 108 Å². The van der Waals surface area contributed by atoms with Crippen molar-refractivity contribution in [1.29, 1.82) is 0 Å². The first-order valence-electron chi connectivity index (χ1n) is 13.8. The predicted octanol–water partition coefficient (Wildman–Crippen LogP) is 5.63. The Morgan fingerprint density at radius 1 is 1.14 bits per heavy atom. The van der Waals surface area contributed by atoms with Crippen molar-refractivity contribution in [3.05, 3.63) is 94.1 Å². The molecule has 1 saturated carbocycles. The van der Waals surface area contributed by atoms with Crippen LogP contribution in [-0.2, 0) is 33.9 Å². The van der Waals surface area contributed by atoms with E-state index in [-0.39, 0.29) is 47.7 Å². The van der Waals surface area contributed by atoms with Crippen molar-refractivity contribution < 1.29 is 35.6 Å². The third-order valence-electron chi connectivity index (χ3n) is 7.97. The third kappa shape index (κ3) is 5.47. The van der Waals surface area contributed by atoms with Crippen LogP contribution < -0.4 is 0 Å². The lowest BCUT2D eigenvalue weighted by Crippen LogP contribution is -2.32. The van der Waals surface area contributed by atoms with Gasteiger partial charge in [0, 0.05) is 31.0 Å². The largest absolute Gasteiger partial charge is 0.465 e. The summed E-state index contributed by atoms with van der Waals surface area (Å²) >= 11 is 0. The van der Waals surface area contributed by atoms with E-state index < -0.39 is 27.7 Å². The van der Waals surface area contributed by atoms with E-state index in [0.717, 1.165) is 36.1 Å². The van der Waals surface area contributed by atoms with Crippen molar-refractivity contribution >= 4 is 16.0 Å². The molecule has 1 aliphatic carbocycles. The Kier molecular flexibility index (Phi) is 7.20. The van der Waals surface area contributed by atoms with Gasteiger partial charge in [0.1, 0.15) is 11.3 Å². The highest BCUT2D eigenvalue weighted by atomic mass is 32.2. The van der Waals surface area contributed by atoms with Crippen LogP contribution in [0.15, 0.2) is 64.1 Å². The Morgan fingerprint density at radius 3 is 2.63 bits per heavy atom. The van der Waals surface area contributed by atoms with Gasteiger partial charge in [0.15, 0.2) is 0 Å². The van der Waals surface area contributed by atoms with Gasteiger partial charge in [-0.05, 0) is 67.1 Å². The summed E-state index contributed by atoms with van der Waals surface area (Å²) in [5.41, 5.74) is 2.32. The minimum Gasteiger partial charge on any atom is -0.465 e. The molecule has 43 heavy (non-hydrogen) atoms. The fourth-order valence-electron chi connectivity index (χ4n) is 5.89. The number of nitrogens with zero attached hydrogens (tertiary/aromatic N) is 4. The number of hydrogen-bond donors (Lipinski definition) is 0. The molecule has 2 aromatic heterocycles. The lowest BCUT2D eigenvalue weighted by Gasteiger charge is -2.23. The average molecular weight is 615 g/mol. The summed E-state index contributed by atoms with van der Waals surface area (Å²) in [5, 5.41) is 8.47. The Hall–Kier alpha value is -3.97. The molecule has 2 aliphatic rings. The molecule has 0 amide bonds. The van der Waals surface area contributed by atoms with Gasteiger partial charge in [-0.3, -0.25) is 0 Å². The van der Waals surface area contributed by atoms with Gasteiger partial charge >= 0.3 is 12.1 Å². The first-order chi connectivity index (χ1) is 20.4. The molecule has 0 spiro atoms. The van der Waals surface area contributed by atoms with Gasteiger partial charge in [-0.15, -0.1) is 0 Å². The maximum atomic E-state index is 13.7. The number of carbonyl (C=O) groups excluding carboxylic acids is 1.